The molecular weight excluding hydrogens is 371 g/mol. The topological polar surface area (TPSA) is 54.5 Å². The summed E-state index contributed by atoms with van der Waals surface area (Å²) in [7, 11) is 2.07. The number of nitrogens with zero attached hydrogens (tertiary/aromatic N) is 2. The number of ether oxygens (including phenoxy) is 1. The molecule has 8 heteroatoms. The maximum absolute atomic E-state index is 13.1. The maximum atomic E-state index is 13.1. The molecule has 1 aliphatic heterocycles. The van der Waals surface area contributed by atoms with Crippen LogP contribution in [0.25, 0.3) is 0 Å². The molecule has 0 saturated carbocycles. The van der Waals surface area contributed by atoms with E-state index in [0.717, 1.165) is 25.6 Å². The van der Waals surface area contributed by atoms with E-state index < -0.39 is 23.0 Å². The van der Waals surface area contributed by atoms with E-state index in [4.69, 9.17) is 4.74 Å². The Bertz CT molecular complexity index is 677. The first-order chi connectivity index (χ1) is 12.9. The van der Waals surface area contributed by atoms with Crippen molar-refractivity contribution in [2.75, 3.05) is 26.7 Å². The number of aromatic nitrogens is 1. The second-order valence-corrected chi connectivity index (χ2v) is 8.57. The number of carbonyl (C=O) groups is 1. The smallest absolute Gasteiger partial charge is 0.421 e. The van der Waals surface area contributed by atoms with Gasteiger partial charge in [-0.2, -0.15) is 13.2 Å². The summed E-state index contributed by atoms with van der Waals surface area (Å²) in [5, 5.41) is 3.10. The van der Waals surface area contributed by atoms with Gasteiger partial charge in [-0.25, -0.2) is 4.98 Å². The average molecular weight is 401 g/mol. The highest BCUT2D eigenvalue weighted by atomic mass is 19.4. The van der Waals surface area contributed by atoms with Crippen LogP contribution >= 0.6 is 0 Å². The van der Waals surface area contributed by atoms with Gasteiger partial charge in [0.15, 0.2) is 0 Å². The molecule has 1 aromatic rings. The first-order valence-corrected chi connectivity index (χ1v) is 9.56. The van der Waals surface area contributed by atoms with Crippen LogP contribution in [0.3, 0.4) is 0 Å². The summed E-state index contributed by atoms with van der Waals surface area (Å²) in [6.07, 6.45) is -2.47. The van der Waals surface area contributed by atoms with Crippen molar-refractivity contribution in [3.63, 3.8) is 0 Å². The molecule has 158 valence electrons. The fourth-order valence-corrected chi connectivity index (χ4v) is 3.41. The zero-order valence-electron chi connectivity index (χ0n) is 17.1. The van der Waals surface area contributed by atoms with Crippen LogP contribution in [0.15, 0.2) is 18.3 Å². The highest BCUT2D eigenvalue weighted by Crippen LogP contribution is 2.35. The molecule has 1 aliphatic rings. The Balaban J connectivity index is 2.04. The van der Waals surface area contributed by atoms with Crippen LogP contribution in [0, 0.1) is 17.3 Å². The van der Waals surface area contributed by atoms with Crippen LogP contribution in [0.2, 0.25) is 0 Å². The lowest BCUT2D eigenvalue weighted by atomic mass is 9.82. The summed E-state index contributed by atoms with van der Waals surface area (Å²) in [6, 6.07) is 2.17. The fourth-order valence-electron chi connectivity index (χ4n) is 3.41. The first kappa shape index (κ1) is 22.5. The fraction of sp³-hybridized carbons (Fsp3) is 0.700. The van der Waals surface area contributed by atoms with E-state index in [9.17, 15) is 18.0 Å². The van der Waals surface area contributed by atoms with Crippen LogP contribution in [0.4, 0.5) is 13.2 Å². The Hall–Kier alpha value is -1.83. The van der Waals surface area contributed by atoms with E-state index in [-0.39, 0.29) is 18.6 Å². The Kier molecular flexibility index (Phi) is 6.96. The molecule has 0 spiro atoms. The number of rotatable bonds is 6. The highest BCUT2D eigenvalue weighted by molar-refractivity contribution is 5.82. The van der Waals surface area contributed by atoms with E-state index in [1.165, 1.54) is 12.3 Å². The van der Waals surface area contributed by atoms with E-state index in [0.29, 0.717) is 11.8 Å². The molecular formula is C20H30F3N3O2. The van der Waals surface area contributed by atoms with Crippen molar-refractivity contribution in [1.29, 1.82) is 0 Å². The Morgan fingerprint density at radius 2 is 2.07 bits per heavy atom. The van der Waals surface area contributed by atoms with Gasteiger partial charge in [-0.15, -0.1) is 0 Å². The maximum Gasteiger partial charge on any atom is 0.421 e. The molecule has 2 rings (SSSR count). The third-order valence-electron chi connectivity index (χ3n) is 5.29. The van der Waals surface area contributed by atoms with E-state index >= 15 is 0 Å². The molecule has 1 saturated heterocycles. The molecule has 1 amide bonds. The molecule has 2 atom stereocenters. The van der Waals surface area contributed by atoms with Gasteiger partial charge < -0.3 is 15.0 Å². The third-order valence-corrected chi connectivity index (χ3v) is 5.29. The number of halogens is 3. The van der Waals surface area contributed by atoms with Gasteiger partial charge >= 0.3 is 6.18 Å². The van der Waals surface area contributed by atoms with Gasteiger partial charge in [-0.1, -0.05) is 13.8 Å². The summed E-state index contributed by atoms with van der Waals surface area (Å²) in [5.41, 5.74) is -1.94. The lowest BCUT2D eigenvalue weighted by molar-refractivity contribution is -0.139. The first-order valence-electron chi connectivity index (χ1n) is 9.56. The van der Waals surface area contributed by atoms with Crippen molar-refractivity contribution >= 4 is 5.91 Å². The van der Waals surface area contributed by atoms with Crippen molar-refractivity contribution in [1.82, 2.24) is 15.2 Å². The molecule has 0 aliphatic carbocycles. The number of nitrogens with one attached hydrogen (secondary N) is 1. The predicted molar refractivity (Wildman–Crippen MR) is 101 cm³/mol. The van der Waals surface area contributed by atoms with Gasteiger partial charge in [0.25, 0.3) is 0 Å². The lowest BCUT2D eigenvalue weighted by Gasteiger charge is -2.40. The monoisotopic (exact) mass is 401 g/mol. The Morgan fingerprint density at radius 1 is 1.39 bits per heavy atom. The second-order valence-electron chi connectivity index (χ2n) is 8.57. The van der Waals surface area contributed by atoms with Gasteiger partial charge in [-0.05, 0) is 57.8 Å². The Morgan fingerprint density at radius 3 is 2.68 bits per heavy atom. The van der Waals surface area contributed by atoms with E-state index in [2.05, 4.69) is 36.1 Å². The minimum absolute atomic E-state index is 0.0450. The number of amides is 1. The number of hydrogen-bond acceptors (Lipinski definition) is 4. The molecule has 0 bridgehead atoms. The van der Waals surface area contributed by atoms with Crippen LogP contribution in [-0.2, 0) is 11.0 Å². The summed E-state index contributed by atoms with van der Waals surface area (Å²) >= 11 is 0. The van der Waals surface area contributed by atoms with Crippen LogP contribution in [0.1, 0.15) is 39.7 Å². The average Bonchev–Trinajstić information content (AvgIpc) is 2.60. The largest absolute Gasteiger partial charge is 0.476 e. The minimum Gasteiger partial charge on any atom is -0.476 e. The Labute approximate surface area is 164 Å². The standard InChI is InChI=1S/C20H30F3N3O2/c1-13(2)14-11-26(5)10-8-16(14)25-18(27)19(3,4)12-28-17-15(20(21,22)23)7-6-9-24-17/h6-7,9,13-14,16H,8,10-12H2,1-5H3,(H,25,27)/t14-,16-/m0/s1. The molecule has 28 heavy (non-hydrogen) atoms. The molecule has 0 unspecified atom stereocenters. The van der Waals surface area contributed by atoms with Gasteiger partial charge in [0.05, 0.1) is 5.41 Å². The van der Waals surface area contributed by atoms with Crippen molar-refractivity contribution < 1.29 is 22.7 Å². The number of likely N-dealkylation sites (tertiary alicyclic amines) is 1. The van der Waals surface area contributed by atoms with Gasteiger partial charge in [0, 0.05) is 18.8 Å². The zero-order chi connectivity index (χ0) is 21.1. The SMILES string of the molecule is CC(C)[C@@H]1CN(C)CC[C@@H]1NC(=O)C(C)(C)COc1ncccc1C(F)(F)F. The molecule has 1 aromatic heterocycles. The molecule has 0 radical (unpaired) electrons. The predicted octanol–water partition coefficient (Wildman–Crippen LogP) is 3.60. The highest BCUT2D eigenvalue weighted by Gasteiger charge is 2.38. The normalized spacial score (nSPS) is 21.6. The number of carbonyl (C=O) groups excluding carboxylic acids is 1. The van der Waals surface area contributed by atoms with Crippen LogP contribution in [-0.4, -0.2) is 48.6 Å². The number of hydrogen-bond donors (Lipinski definition) is 1. The van der Waals surface area contributed by atoms with Crippen molar-refractivity contribution in [2.45, 2.75) is 46.3 Å². The lowest BCUT2D eigenvalue weighted by Crippen LogP contribution is -2.54. The summed E-state index contributed by atoms with van der Waals surface area (Å²) < 4.78 is 44.6. The van der Waals surface area contributed by atoms with Crippen molar-refractivity contribution in [2.24, 2.45) is 17.3 Å². The van der Waals surface area contributed by atoms with E-state index in [1.54, 1.807) is 13.8 Å². The van der Waals surface area contributed by atoms with E-state index in [1.807, 2.05) is 0 Å². The van der Waals surface area contributed by atoms with Crippen molar-refractivity contribution in [3.8, 4) is 5.88 Å². The van der Waals surface area contributed by atoms with Gasteiger partial charge in [0.1, 0.15) is 12.2 Å². The van der Waals surface area contributed by atoms with Crippen LogP contribution < -0.4 is 10.1 Å². The quantitative estimate of drug-likeness (QED) is 0.791. The molecule has 1 fully saturated rings. The van der Waals surface area contributed by atoms with Crippen molar-refractivity contribution in [3.05, 3.63) is 23.9 Å². The summed E-state index contributed by atoms with van der Waals surface area (Å²) in [5.74, 6) is 0.00901. The number of pyridine rings is 1. The molecule has 0 aromatic carbocycles. The molecule has 1 N–H and O–H groups in total. The zero-order valence-corrected chi connectivity index (χ0v) is 17.1. The number of piperidine rings is 1. The second kappa shape index (κ2) is 8.68. The minimum atomic E-state index is -4.56. The summed E-state index contributed by atoms with van der Waals surface area (Å²) in [4.78, 5) is 18.8. The van der Waals surface area contributed by atoms with Gasteiger partial charge in [0.2, 0.25) is 11.8 Å². The third kappa shape index (κ3) is 5.59. The van der Waals surface area contributed by atoms with Gasteiger partial charge in [-0.3, -0.25) is 4.79 Å². The summed E-state index contributed by atoms with van der Waals surface area (Å²) in [6.45, 7) is 9.21. The molecule has 5 nitrogen and oxygen atoms in total. The van der Waals surface area contributed by atoms with Crippen LogP contribution in [0.5, 0.6) is 5.88 Å². The molecule has 2 heterocycles. The number of alkyl halides is 3.